The summed E-state index contributed by atoms with van der Waals surface area (Å²) in [6, 6.07) is 1.69. The van der Waals surface area contributed by atoms with Crippen LogP contribution in [0.2, 0.25) is 5.02 Å². The molecule has 32 heavy (non-hydrogen) atoms. The monoisotopic (exact) mass is 458 g/mol. The van der Waals surface area contributed by atoms with Crippen molar-refractivity contribution in [3.8, 4) is 5.75 Å². The van der Waals surface area contributed by atoms with E-state index in [0.717, 1.165) is 22.4 Å². The number of halogens is 1. The highest BCUT2D eigenvalue weighted by Crippen LogP contribution is 2.44. The third-order valence-corrected chi connectivity index (χ3v) is 6.25. The largest absolute Gasteiger partial charge is 0.493 e. The quantitative estimate of drug-likeness (QED) is 0.507. The molecule has 1 aliphatic heterocycles. The maximum atomic E-state index is 12.0. The molecule has 9 heteroatoms. The molecule has 0 bridgehead atoms. The number of ether oxygens (including phenoxy) is 1. The van der Waals surface area contributed by atoms with E-state index < -0.39 is 0 Å². The molecule has 1 fully saturated rings. The SMILES string of the molecule is CCOc1c(C(C)Nc2ncnc(N)c2C(C)=N)cc(Cl)c(C)c1C1CN(C(=O)CC)C1. The van der Waals surface area contributed by atoms with Gasteiger partial charge in [-0.05, 0) is 39.3 Å². The van der Waals surface area contributed by atoms with Crippen LogP contribution in [0.4, 0.5) is 11.6 Å². The number of nitrogens with one attached hydrogen (secondary N) is 2. The van der Waals surface area contributed by atoms with Crippen molar-refractivity contribution < 1.29 is 9.53 Å². The second-order valence-corrected chi connectivity index (χ2v) is 8.48. The number of likely N-dealkylation sites (tertiary alicyclic amines) is 1. The average Bonchev–Trinajstić information content (AvgIpc) is 2.70. The van der Waals surface area contributed by atoms with Gasteiger partial charge in [-0.1, -0.05) is 18.5 Å². The lowest BCUT2D eigenvalue weighted by molar-refractivity contribution is -0.135. The maximum absolute atomic E-state index is 12.0. The van der Waals surface area contributed by atoms with Gasteiger partial charge < -0.3 is 26.1 Å². The molecule has 0 radical (unpaired) electrons. The van der Waals surface area contributed by atoms with Crippen LogP contribution >= 0.6 is 11.6 Å². The van der Waals surface area contributed by atoms with Crippen molar-refractivity contribution in [2.45, 2.75) is 53.0 Å². The Labute approximate surface area is 194 Å². The van der Waals surface area contributed by atoms with Crippen LogP contribution in [0.15, 0.2) is 12.4 Å². The number of nitrogens with zero attached hydrogens (tertiary/aromatic N) is 3. The zero-order chi connectivity index (χ0) is 23.6. The van der Waals surface area contributed by atoms with E-state index in [1.807, 2.05) is 38.7 Å². The number of anilines is 2. The fourth-order valence-corrected chi connectivity index (χ4v) is 4.35. The number of carbonyl (C=O) groups is 1. The van der Waals surface area contributed by atoms with Gasteiger partial charge in [-0.15, -0.1) is 0 Å². The minimum Gasteiger partial charge on any atom is -0.493 e. The van der Waals surface area contributed by atoms with E-state index in [9.17, 15) is 4.79 Å². The van der Waals surface area contributed by atoms with E-state index in [-0.39, 0.29) is 29.4 Å². The van der Waals surface area contributed by atoms with Crippen molar-refractivity contribution in [1.82, 2.24) is 14.9 Å². The summed E-state index contributed by atoms with van der Waals surface area (Å²) < 4.78 is 6.14. The molecule has 3 rings (SSSR count). The Morgan fingerprint density at radius 3 is 2.69 bits per heavy atom. The molecule has 1 atom stereocenters. The summed E-state index contributed by atoms with van der Waals surface area (Å²) in [5.41, 5.74) is 9.66. The zero-order valence-electron chi connectivity index (χ0n) is 19.3. The molecule has 0 spiro atoms. The van der Waals surface area contributed by atoms with Crippen molar-refractivity contribution >= 4 is 34.9 Å². The first-order chi connectivity index (χ1) is 15.2. The number of aromatic nitrogens is 2. The lowest BCUT2D eigenvalue weighted by Crippen LogP contribution is -2.48. The van der Waals surface area contributed by atoms with Crippen LogP contribution < -0.4 is 15.8 Å². The van der Waals surface area contributed by atoms with Crippen molar-refractivity contribution in [2.75, 3.05) is 30.7 Å². The van der Waals surface area contributed by atoms with Gasteiger partial charge in [0.05, 0.1) is 18.2 Å². The smallest absolute Gasteiger partial charge is 0.222 e. The molecule has 1 amide bonds. The summed E-state index contributed by atoms with van der Waals surface area (Å²) in [5.74, 6) is 1.86. The number of hydrogen-bond donors (Lipinski definition) is 3. The van der Waals surface area contributed by atoms with Crippen molar-refractivity contribution in [3.05, 3.63) is 39.7 Å². The molecule has 1 unspecified atom stereocenters. The van der Waals surface area contributed by atoms with Crippen LogP contribution in [-0.2, 0) is 4.79 Å². The second kappa shape index (κ2) is 9.73. The Balaban J connectivity index is 2.00. The molecule has 2 aromatic rings. The van der Waals surface area contributed by atoms with Crippen LogP contribution in [0.3, 0.4) is 0 Å². The van der Waals surface area contributed by atoms with Crippen LogP contribution in [-0.4, -0.2) is 46.2 Å². The van der Waals surface area contributed by atoms with Gasteiger partial charge in [-0.25, -0.2) is 9.97 Å². The zero-order valence-corrected chi connectivity index (χ0v) is 20.0. The predicted molar refractivity (Wildman–Crippen MR) is 128 cm³/mol. The molecule has 1 aromatic carbocycles. The van der Waals surface area contributed by atoms with Gasteiger partial charge in [0, 0.05) is 47.3 Å². The standard InChI is InChI=1S/C23H31ClN6O2/c1-6-18(31)30-9-15(10-30)19-12(3)17(24)8-16(21(19)32-7-2)14(5)29-23-20(13(4)25)22(26)27-11-28-23/h8,11,14-15,25H,6-7,9-10H2,1-5H3,(H3,26,27,28,29). The molecular formula is C23H31ClN6O2. The Bertz CT molecular complexity index is 1040. The van der Waals surface area contributed by atoms with E-state index >= 15 is 0 Å². The highest BCUT2D eigenvalue weighted by Gasteiger charge is 2.35. The molecule has 172 valence electrons. The minimum atomic E-state index is -0.228. The van der Waals surface area contributed by atoms with Crippen LogP contribution in [0.5, 0.6) is 5.75 Å². The van der Waals surface area contributed by atoms with E-state index in [1.165, 1.54) is 6.33 Å². The predicted octanol–water partition coefficient (Wildman–Crippen LogP) is 4.32. The highest BCUT2D eigenvalue weighted by atomic mass is 35.5. The van der Waals surface area contributed by atoms with Crippen LogP contribution in [0.1, 0.15) is 68.3 Å². The van der Waals surface area contributed by atoms with Gasteiger partial charge in [0.1, 0.15) is 23.7 Å². The third-order valence-electron chi connectivity index (χ3n) is 5.86. The number of amides is 1. The van der Waals surface area contributed by atoms with Gasteiger partial charge in [0.25, 0.3) is 0 Å². The number of nitrogens with two attached hydrogens (primary N) is 1. The van der Waals surface area contributed by atoms with Crippen LogP contribution in [0, 0.1) is 12.3 Å². The van der Waals surface area contributed by atoms with Gasteiger partial charge in [0.15, 0.2) is 0 Å². The van der Waals surface area contributed by atoms with Gasteiger partial charge in [-0.3, -0.25) is 4.79 Å². The lowest BCUT2D eigenvalue weighted by Gasteiger charge is -2.41. The van der Waals surface area contributed by atoms with E-state index in [2.05, 4.69) is 15.3 Å². The number of nitrogen functional groups attached to an aromatic ring is 1. The summed E-state index contributed by atoms with van der Waals surface area (Å²) in [7, 11) is 0. The number of benzene rings is 1. The van der Waals surface area contributed by atoms with Crippen molar-refractivity contribution in [1.29, 1.82) is 5.41 Å². The topological polar surface area (TPSA) is 117 Å². The molecular weight excluding hydrogens is 428 g/mol. The minimum absolute atomic E-state index is 0.157. The molecule has 8 nitrogen and oxygen atoms in total. The Morgan fingerprint density at radius 1 is 1.41 bits per heavy atom. The van der Waals surface area contributed by atoms with Crippen LogP contribution in [0.25, 0.3) is 0 Å². The molecule has 0 aliphatic carbocycles. The van der Waals surface area contributed by atoms with Crippen molar-refractivity contribution in [3.63, 3.8) is 0 Å². The fourth-order valence-electron chi connectivity index (χ4n) is 4.13. The molecule has 1 saturated heterocycles. The van der Waals surface area contributed by atoms with Gasteiger partial charge in [-0.2, -0.15) is 0 Å². The molecule has 1 aliphatic rings. The summed E-state index contributed by atoms with van der Waals surface area (Å²) in [5, 5.41) is 12.1. The fraction of sp³-hybridized carbons (Fsp3) is 0.478. The summed E-state index contributed by atoms with van der Waals surface area (Å²) in [6.45, 7) is 11.3. The molecule has 1 aromatic heterocycles. The summed E-state index contributed by atoms with van der Waals surface area (Å²) in [4.78, 5) is 22.2. The summed E-state index contributed by atoms with van der Waals surface area (Å²) >= 11 is 6.65. The van der Waals surface area contributed by atoms with Crippen molar-refractivity contribution in [2.24, 2.45) is 0 Å². The average molecular weight is 459 g/mol. The third kappa shape index (κ3) is 4.50. The molecule has 2 heterocycles. The molecule has 0 saturated carbocycles. The maximum Gasteiger partial charge on any atom is 0.222 e. The van der Waals surface area contributed by atoms with E-state index in [1.54, 1.807) is 6.92 Å². The van der Waals surface area contributed by atoms with E-state index in [0.29, 0.717) is 42.5 Å². The lowest BCUT2D eigenvalue weighted by atomic mass is 9.85. The molecule has 4 N–H and O–H groups in total. The second-order valence-electron chi connectivity index (χ2n) is 8.07. The van der Waals surface area contributed by atoms with Gasteiger partial charge in [0.2, 0.25) is 5.91 Å². The van der Waals surface area contributed by atoms with E-state index in [4.69, 9.17) is 27.5 Å². The van der Waals surface area contributed by atoms with Gasteiger partial charge >= 0.3 is 0 Å². The Hall–Kier alpha value is -2.87. The highest BCUT2D eigenvalue weighted by molar-refractivity contribution is 6.31. The Kier molecular flexibility index (Phi) is 7.23. The number of hydrogen-bond acceptors (Lipinski definition) is 7. The summed E-state index contributed by atoms with van der Waals surface area (Å²) in [6.07, 6.45) is 1.88. The first kappa shape index (κ1) is 23.8. The number of carbonyl (C=O) groups excluding carboxylic acids is 1. The first-order valence-electron chi connectivity index (χ1n) is 10.8. The Morgan fingerprint density at radius 2 is 2.09 bits per heavy atom. The first-order valence-corrected chi connectivity index (χ1v) is 11.2. The normalized spacial score (nSPS) is 14.6. The number of rotatable bonds is 8.